The van der Waals surface area contributed by atoms with Crippen molar-refractivity contribution in [3.63, 3.8) is 0 Å². The van der Waals surface area contributed by atoms with Gasteiger partial charge in [-0.3, -0.25) is 28.7 Å². The van der Waals surface area contributed by atoms with E-state index in [9.17, 15) is 75.6 Å². The number of rotatable bonds is 27. The van der Waals surface area contributed by atoms with E-state index in [1.807, 2.05) is 55.3 Å². The summed E-state index contributed by atoms with van der Waals surface area (Å²) >= 11 is 4.12. The smallest absolute Gasteiger partial charge is 0.490 e. The van der Waals surface area contributed by atoms with Gasteiger partial charge in [0.15, 0.2) is 11.8 Å². The number of benzene rings is 3. The first-order valence-electron chi connectivity index (χ1n) is 31.4. The number of ether oxygens (including phenoxy) is 3. The Morgan fingerprint density at radius 3 is 1.91 bits per heavy atom. The van der Waals surface area contributed by atoms with E-state index in [0.717, 1.165) is 77.0 Å². The fraction of sp³-hybridized carbons (Fsp3) is 0.597. The average molecular weight is 1530 g/mol. The number of H-pyrrole nitrogens is 1. The van der Waals surface area contributed by atoms with Crippen molar-refractivity contribution in [3.8, 4) is 11.5 Å². The van der Waals surface area contributed by atoms with Gasteiger partial charge in [0.05, 0.1) is 25.6 Å². The number of aliphatic hydroxyl groups is 3. The molecule has 0 aliphatic carbocycles. The third-order valence-electron chi connectivity index (χ3n) is 14.7. The number of aliphatic hydroxyl groups excluding tert-OH is 3. The number of nitrogens with two attached hydrogens (primary N) is 1. The largest absolute Gasteiger partial charge is 0.508 e. The van der Waals surface area contributed by atoms with Crippen molar-refractivity contribution in [2.24, 2.45) is 5.73 Å². The van der Waals surface area contributed by atoms with Gasteiger partial charge >= 0.3 is 36.2 Å². The summed E-state index contributed by atoms with van der Waals surface area (Å²) < 4.78 is 81.1. The number of para-hydroxylation sites is 3. The number of nitrogens with one attached hydrogen (secondary N) is 5. The van der Waals surface area contributed by atoms with Crippen molar-refractivity contribution in [1.82, 2.24) is 20.9 Å². The molecule has 14 N–H and O–H groups in total. The molecule has 38 heteroatoms. The third-order valence-corrected chi connectivity index (χ3v) is 21.0. The Labute approximate surface area is 593 Å². The Balaban J connectivity index is 0.000000429. The first-order chi connectivity index (χ1) is 46.5. The van der Waals surface area contributed by atoms with Gasteiger partial charge in [-0.15, -0.1) is 0 Å². The molecule has 5 heterocycles. The minimum absolute atomic E-state index is 0. The van der Waals surface area contributed by atoms with Gasteiger partial charge < -0.3 is 86.4 Å². The first-order valence-corrected chi connectivity index (χ1v) is 36.8. The maximum absolute atomic E-state index is 12.5. The number of esters is 1. The van der Waals surface area contributed by atoms with E-state index in [1.165, 1.54) is 37.7 Å². The number of hydrogen-bond acceptors (Lipinski definition) is 22. The number of aromatic nitrogens is 2. The molecular formula is C62H91F7N8O18S5+2. The van der Waals surface area contributed by atoms with Crippen LogP contribution >= 0.6 is 55.8 Å². The molecule has 0 spiro atoms. The molecule has 26 nitrogen and oxygen atoms in total. The van der Waals surface area contributed by atoms with E-state index in [2.05, 4.69) is 60.0 Å². The lowest BCUT2D eigenvalue weighted by molar-refractivity contribution is -0.870. The molecule has 564 valence electrons. The number of phenolic OH excluding ortho intramolecular Hbond substituents is 1. The zero-order chi connectivity index (χ0) is 74.0. The van der Waals surface area contributed by atoms with Crippen LogP contribution in [0.3, 0.4) is 0 Å². The van der Waals surface area contributed by atoms with Crippen LogP contribution in [0.2, 0.25) is 0 Å². The number of carboxylic acids is 3. The number of phenols is 1. The van der Waals surface area contributed by atoms with E-state index < -0.39 is 66.9 Å². The Morgan fingerprint density at radius 1 is 0.790 bits per heavy atom. The number of hydrogen-bond donors (Lipinski definition) is 14. The number of anilines is 1. The molecule has 3 aromatic carbocycles. The number of aromatic hydroxyl groups is 1. The number of fused-ring (bicyclic) bond motifs is 3. The number of likely N-dealkylation sites (N-methyl/N-ethyl adjacent to an activating group) is 1. The summed E-state index contributed by atoms with van der Waals surface area (Å²) in [6.45, 7) is 4.71. The van der Waals surface area contributed by atoms with Crippen LogP contribution in [-0.2, 0) is 43.0 Å². The molecule has 0 saturated carbocycles. The third kappa shape index (κ3) is 34.6. The molecule has 9 atom stereocenters. The number of unbranched alkanes of at least 4 members (excludes halogenated alkanes) is 2. The highest BCUT2D eigenvalue weighted by Crippen LogP contribution is 2.41. The molecular weight excluding hydrogens is 1440 g/mol. The minimum atomic E-state index is -5.08. The summed E-state index contributed by atoms with van der Waals surface area (Å²) in [4.78, 5) is 90.4. The van der Waals surface area contributed by atoms with Crippen LogP contribution in [0.4, 0.5) is 36.7 Å². The zero-order valence-electron chi connectivity index (χ0n) is 55.4. The number of carboxylic acid groups (broad SMARTS) is 3. The molecule has 3 amide bonds. The standard InChI is InChI=1S/C17H17N2O6.C16H29N3O4S3.C13H26NO2S2.C12H16N2O2.2C2HF3O2.FH/c20-15-13(25-17(22)16(15)21)8-24-12-7-3-6-11-14(12)18-9-4-1-2-5-10(9)19(11)23;17-12(16(22)23)5-3-8-18-15(21)13(10-24)19-14(20)6-2-1-4-11-7-9-25-26-11;1-14(2,3)9-10-16-13(15)7-5-4-6-12-8-11-17-18-12;1-8(15)13-5-4-9-7-14-12-3-2-10(16)6-11(9)12;2*3-2(4,5)1(6)7;/h1-7,13,15-17,20-22H,8H2,(H,18,23);11-13,24H,1-10,17H2,(H,18,21)(H,19,20)(H,22,23);12H,4-11H2,1-3H3;2-3,6,9,14,16H,4-5,7H2,1H3,(H,13,15);2*(H,6,7);1H/q+1;;+1;;;;. The lowest BCUT2D eigenvalue weighted by Crippen LogP contribution is -2.48. The van der Waals surface area contributed by atoms with Crippen LogP contribution in [0.1, 0.15) is 102 Å². The van der Waals surface area contributed by atoms with E-state index in [-0.39, 0.29) is 47.2 Å². The molecule has 4 aliphatic heterocycles. The summed E-state index contributed by atoms with van der Waals surface area (Å²) in [5.41, 5.74) is 9.71. The van der Waals surface area contributed by atoms with Gasteiger partial charge in [-0.2, -0.15) is 39.0 Å². The Kier molecular flexibility index (Phi) is 41.1. The van der Waals surface area contributed by atoms with Crippen LogP contribution in [0, 0.1) is 4.91 Å². The number of aliphatic carboxylic acids is 3. The number of quaternary nitrogens is 1. The molecule has 3 saturated heterocycles. The van der Waals surface area contributed by atoms with E-state index in [0.29, 0.717) is 83.7 Å². The van der Waals surface area contributed by atoms with Crippen LogP contribution in [0.25, 0.3) is 22.1 Å². The number of amides is 3. The van der Waals surface area contributed by atoms with Crippen molar-refractivity contribution in [3.05, 3.63) is 71.1 Å². The molecule has 4 aromatic rings. The van der Waals surface area contributed by atoms with E-state index >= 15 is 0 Å². The number of thiol groups is 1. The van der Waals surface area contributed by atoms with Crippen LogP contribution in [-0.4, -0.2) is 224 Å². The van der Waals surface area contributed by atoms with Gasteiger partial charge in [0, 0.05) is 95.8 Å². The number of alkyl halides is 6. The minimum Gasteiger partial charge on any atom is -0.508 e. The molecule has 1 aromatic heterocycles. The van der Waals surface area contributed by atoms with Crippen molar-refractivity contribution in [2.45, 2.75) is 156 Å². The average Bonchev–Trinajstić information content (AvgIpc) is 1.01. The van der Waals surface area contributed by atoms with Gasteiger partial charge in [0.1, 0.15) is 67.2 Å². The lowest BCUT2D eigenvalue weighted by Gasteiger charge is -2.23. The molecule has 4 aliphatic rings. The van der Waals surface area contributed by atoms with Crippen molar-refractivity contribution < 1.29 is 123 Å². The normalized spacial score (nSPS) is 19.5. The predicted octanol–water partition coefficient (Wildman–Crippen LogP) is 7.27. The SMILES string of the molecule is CC(=O)NCCC1CNc2ccc(O)cc21.C[N+](C)(C)CCOC(=O)CCCCC1CCSS1.F.NC(CCCNC(=O)C(CS)NC(=O)CCCCC1CCSS1)C(=O)O.O=C(O)C(F)(F)F.O=C(O)C(F)(F)F.O=[n+]1c2ccccc2[nH]c2c(OCC3OC(O)C(O)C3O)cccc21. The molecule has 100 heavy (non-hydrogen) atoms. The predicted molar refractivity (Wildman–Crippen MR) is 371 cm³/mol. The van der Waals surface area contributed by atoms with E-state index in [4.69, 9.17) is 44.9 Å². The van der Waals surface area contributed by atoms with Gasteiger partial charge in [0.2, 0.25) is 17.7 Å². The maximum atomic E-state index is 12.5. The number of halogens is 7. The first kappa shape index (κ1) is 89.9. The van der Waals surface area contributed by atoms with Gasteiger partial charge in [-0.05, 0) is 93.7 Å². The summed E-state index contributed by atoms with van der Waals surface area (Å²) in [5, 5.41) is 74.2. The Bertz CT molecular complexity index is 3240. The monoisotopic (exact) mass is 1530 g/mol. The van der Waals surface area contributed by atoms with Crippen LogP contribution in [0.15, 0.2) is 60.7 Å². The summed E-state index contributed by atoms with van der Waals surface area (Å²) in [6, 6.07) is 15.9. The molecule has 0 radical (unpaired) electrons. The zero-order valence-corrected chi connectivity index (χ0v) is 59.5. The van der Waals surface area contributed by atoms with Gasteiger partial charge in [0.25, 0.3) is 11.0 Å². The fourth-order valence-electron chi connectivity index (χ4n) is 9.24. The second kappa shape index (κ2) is 45.7. The van der Waals surface area contributed by atoms with Crippen LogP contribution < -0.4 is 36.2 Å². The maximum Gasteiger partial charge on any atom is 0.490 e. The van der Waals surface area contributed by atoms with E-state index in [1.54, 1.807) is 48.5 Å². The van der Waals surface area contributed by atoms with Crippen molar-refractivity contribution in [2.75, 3.05) is 83.1 Å². The fourth-order valence-corrected chi connectivity index (χ4v) is 15.6. The summed E-state index contributed by atoms with van der Waals surface area (Å²) in [5.74, 6) is -3.25. The van der Waals surface area contributed by atoms with Crippen LogP contribution in [0.5, 0.6) is 11.5 Å². The summed E-state index contributed by atoms with van der Waals surface area (Å²) in [7, 11) is 14.2. The quantitative estimate of drug-likeness (QED) is 0.00321. The Hall–Kier alpha value is -6.23. The number of carbonyl (C=O) groups is 7. The highest BCUT2D eigenvalue weighted by Gasteiger charge is 2.42. The molecule has 8 rings (SSSR count). The van der Waals surface area contributed by atoms with Crippen molar-refractivity contribution in [1.29, 1.82) is 0 Å². The Morgan fingerprint density at radius 2 is 1.38 bits per heavy atom. The lowest BCUT2D eigenvalue weighted by atomic mass is 9.98. The summed E-state index contributed by atoms with van der Waals surface area (Å²) in [6.07, 6.45) is -3.53. The number of nitrogens with zero attached hydrogens (tertiary/aromatic N) is 2. The highest BCUT2D eigenvalue weighted by molar-refractivity contribution is 8.77. The number of carbonyl (C=O) groups excluding carboxylic acids is 4. The topological polar surface area (TPSA) is 402 Å². The number of aromatic amines is 1. The molecule has 9 unspecified atom stereocenters. The van der Waals surface area contributed by atoms with Gasteiger partial charge in [-0.25, -0.2) is 9.59 Å². The highest BCUT2D eigenvalue weighted by atomic mass is 33.1. The molecule has 3 fully saturated rings. The second-order valence-corrected chi connectivity index (χ2v) is 29.7. The van der Waals surface area contributed by atoms with Crippen molar-refractivity contribution >= 4 is 125 Å². The molecule has 0 bridgehead atoms. The second-order valence-electron chi connectivity index (χ2n) is 23.7. The van der Waals surface area contributed by atoms with Gasteiger partial charge in [-0.1, -0.05) is 74.2 Å².